The molecule has 2 rings (SSSR count). The van der Waals surface area contributed by atoms with E-state index in [9.17, 15) is 4.79 Å². The Balaban J connectivity index is 2.33. The maximum Gasteiger partial charge on any atom is 0.352 e. The molecule has 0 spiro atoms. The first-order valence-corrected chi connectivity index (χ1v) is 6.86. The Kier molecular flexibility index (Phi) is 3.99. The largest absolute Gasteiger partial charge is 0.472 e. The number of nitrogens with one attached hydrogen (secondary N) is 1. The van der Waals surface area contributed by atoms with Gasteiger partial charge in [-0.3, -0.25) is 0 Å². The van der Waals surface area contributed by atoms with Crippen molar-refractivity contribution in [1.29, 1.82) is 0 Å². The molecule has 0 saturated carbocycles. The number of halogens is 1. The molecule has 5 nitrogen and oxygen atoms in total. The lowest BCUT2D eigenvalue weighted by molar-refractivity contribution is -0.159. The first-order valence-electron chi connectivity index (χ1n) is 6.48. The van der Waals surface area contributed by atoms with E-state index in [1.807, 2.05) is 25.1 Å². The Morgan fingerprint density at radius 3 is 2.85 bits per heavy atom. The van der Waals surface area contributed by atoms with Crippen LogP contribution in [0.1, 0.15) is 13.8 Å². The number of rotatable bonds is 3. The number of esters is 1. The van der Waals surface area contributed by atoms with Gasteiger partial charge in [-0.05, 0) is 19.9 Å². The minimum absolute atomic E-state index is 0.328. The summed E-state index contributed by atoms with van der Waals surface area (Å²) in [5.41, 5.74) is 0.586. The van der Waals surface area contributed by atoms with Crippen molar-refractivity contribution in [1.82, 2.24) is 0 Å². The van der Waals surface area contributed by atoms with Crippen LogP contribution in [0.3, 0.4) is 0 Å². The fourth-order valence-corrected chi connectivity index (χ4v) is 2.38. The van der Waals surface area contributed by atoms with Gasteiger partial charge in [0.1, 0.15) is 5.75 Å². The van der Waals surface area contributed by atoms with Gasteiger partial charge in [0.25, 0.3) is 0 Å². The van der Waals surface area contributed by atoms with E-state index in [0.717, 1.165) is 11.4 Å². The molecule has 6 heteroatoms. The van der Waals surface area contributed by atoms with Gasteiger partial charge in [0, 0.05) is 20.2 Å². The molecule has 0 saturated heterocycles. The minimum atomic E-state index is -1.03. The molecular formula is C14H19ClN2O3. The van der Waals surface area contributed by atoms with Crippen LogP contribution in [0.2, 0.25) is 5.02 Å². The number of benzene rings is 1. The van der Waals surface area contributed by atoms with Crippen molar-refractivity contribution in [3.8, 4) is 5.75 Å². The number of hydrogen-bond acceptors (Lipinski definition) is 5. The summed E-state index contributed by atoms with van der Waals surface area (Å²) in [6.07, 6.45) is 0. The highest BCUT2D eigenvalue weighted by Crippen LogP contribution is 2.40. The molecule has 1 aliphatic heterocycles. The smallest absolute Gasteiger partial charge is 0.352 e. The van der Waals surface area contributed by atoms with E-state index >= 15 is 0 Å². The first kappa shape index (κ1) is 14.8. The van der Waals surface area contributed by atoms with Gasteiger partial charge in [-0.1, -0.05) is 11.6 Å². The predicted molar refractivity (Wildman–Crippen MR) is 79.9 cm³/mol. The number of nitrogens with zero attached hydrogens (tertiary/aromatic N) is 1. The number of anilines is 2. The summed E-state index contributed by atoms with van der Waals surface area (Å²) in [6.45, 7) is 4.16. The van der Waals surface area contributed by atoms with Crippen molar-refractivity contribution >= 4 is 28.9 Å². The molecule has 0 amide bonds. The second-order valence-electron chi connectivity index (χ2n) is 5.10. The van der Waals surface area contributed by atoms with Crippen molar-refractivity contribution in [2.75, 3.05) is 37.5 Å². The molecular weight excluding hydrogens is 280 g/mol. The molecule has 0 aromatic heterocycles. The minimum Gasteiger partial charge on any atom is -0.472 e. The van der Waals surface area contributed by atoms with Gasteiger partial charge in [-0.25, -0.2) is 4.79 Å². The normalized spacial score (nSPS) is 20.4. The van der Waals surface area contributed by atoms with Crippen LogP contribution < -0.4 is 15.0 Å². The molecule has 1 aromatic carbocycles. The third-order valence-corrected chi connectivity index (χ3v) is 3.49. The summed E-state index contributed by atoms with van der Waals surface area (Å²) in [5.74, 6) is 0.222. The van der Waals surface area contributed by atoms with Crippen LogP contribution in [-0.2, 0) is 9.53 Å². The van der Waals surface area contributed by atoms with Gasteiger partial charge in [0.15, 0.2) is 0 Å². The summed E-state index contributed by atoms with van der Waals surface area (Å²) in [6, 6.07) is 3.62. The molecule has 1 unspecified atom stereocenters. The van der Waals surface area contributed by atoms with Crippen LogP contribution in [0.5, 0.6) is 5.75 Å². The summed E-state index contributed by atoms with van der Waals surface area (Å²) in [5, 5.41) is 3.80. The van der Waals surface area contributed by atoms with Crippen molar-refractivity contribution in [3.05, 3.63) is 17.2 Å². The highest BCUT2D eigenvalue weighted by molar-refractivity contribution is 6.33. The number of carbonyl (C=O) groups is 1. The van der Waals surface area contributed by atoms with Gasteiger partial charge in [0.05, 0.1) is 29.5 Å². The average Bonchev–Trinajstić information content (AvgIpc) is 2.38. The molecule has 1 aromatic rings. The van der Waals surface area contributed by atoms with Gasteiger partial charge in [0.2, 0.25) is 5.60 Å². The van der Waals surface area contributed by atoms with Gasteiger partial charge in [-0.15, -0.1) is 0 Å². The topological polar surface area (TPSA) is 50.8 Å². The quantitative estimate of drug-likeness (QED) is 0.869. The Morgan fingerprint density at radius 1 is 1.55 bits per heavy atom. The maximum absolute atomic E-state index is 12.0. The lowest BCUT2D eigenvalue weighted by Crippen LogP contribution is -2.50. The number of ether oxygens (including phenoxy) is 2. The Hall–Kier alpha value is -1.62. The zero-order chi connectivity index (χ0) is 14.9. The molecule has 0 fully saturated rings. The van der Waals surface area contributed by atoms with Gasteiger partial charge < -0.3 is 19.7 Å². The van der Waals surface area contributed by atoms with Crippen LogP contribution in [0.4, 0.5) is 11.4 Å². The monoisotopic (exact) mass is 298 g/mol. The Bertz CT molecular complexity index is 533. The zero-order valence-electron chi connectivity index (χ0n) is 12.1. The van der Waals surface area contributed by atoms with E-state index in [0.29, 0.717) is 23.9 Å². The van der Waals surface area contributed by atoms with E-state index in [1.54, 1.807) is 19.9 Å². The molecule has 1 heterocycles. The molecule has 0 bridgehead atoms. The zero-order valence-corrected chi connectivity index (χ0v) is 12.9. The van der Waals surface area contributed by atoms with E-state index < -0.39 is 5.60 Å². The first-order chi connectivity index (χ1) is 9.37. The molecule has 0 aliphatic carbocycles. The van der Waals surface area contributed by atoms with Crippen LogP contribution in [0, 0.1) is 0 Å². The molecule has 1 aliphatic rings. The van der Waals surface area contributed by atoms with E-state index in [4.69, 9.17) is 21.1 Å². The van der Waals surface area contributed by atoms with E-state index in [-0.39, 0.29) is 5.97 Å². The molecule has 1 N–H and O–H groups in total. The third kappa shape index (κ3) is 2.63. The van der Waals surface area contributed by atoms with E-state index in [2.05, 4.69) is 5.32 Å². The summed E-state index contributed by atoms with van der Waals surface area (Å²) in [4.78, 5) is 13.9. The lowest BCUT2D eigenvalue weighted by Gasteiger charge is -2.35. The van der Waals surface area contributed by atoms with Crippen LogP contribution in [0.25, 0.3) is 0 Å². The number of carbonyl (C=O) groups excluding carboxylic acids is 1. The average molecular weight is 299 g/mol. The Labute approximate surface area is 123 Å². The number of fused-ring (bicyclic) bond motifs is 1. The second kappa shape index (κ2) is 5.40. The van der Waals surface area contributed by atoms with Crippen molar-refractivity contribution in [3.63, 3.8) is 0 Å². The second-order valence-corrected chi connectivity index (χ2v) is 5.51. The number of hydrogen-bond donors (Lipinski definition) is 1. The Morgan fingerprint density at radius 2 is 2.25 bits per heavy atom. The van der Waals surface area contributed by atoms with Crippen molar-refractivity contribution in [2.45, 2.75) is 19.4 Å². The maximum atomic E-state index is 12.0. The van der Waals surface area contributed by atoms with Crippen LogP contribution >= 0.6 is 11.6 Å². The fourth-order valence-electron chi connectivity index (χ4n) is 2.05. The summed E-state index contributed by atoms with van der Waals surface area (Å²) < 4.78 is 10.9. The molecule has 0 radical (unpaired) electrons. The van der Waals surface area contributed by atoms with Gasteiger partial charge in [-0.2, -0.15) is 0 Å². The standard InChI is InChI=1S/C14H19ClN2O3/c1-5-19-13(18)14(2)8-16-10-6-9(15)11(17(3)4)7-12(10)20-14/h6-7,16H,5,8H2,1-4H3. The summed E-state index contributed by atoms with van der Waals surface area (Å²) in [7, 11) is 3.79. The third-order valence-electron chi connectivity index (χ3n) is 3.19. The highest BCUT2D eigenvalue weighted by Gasteiger charge is 2.41. The van der Waals surface area contributed by atoms with Crippen molar-refractivity contribution < 1.29 is 14.3 Å². The SMILES string of the molecule is CCOC(=O)C1(C)CNc2cc(Cl)c(N(C)C)cc2O1. The molecule has 110 valence electrons. The molecule has 1 atom stereocenters. The lowest BCUT2D eigenvalue weighted by atomic mass is 10.0. The predicted octanol–water partition coefficient (Wildman–Crippen LogP) is 2.53. The fraction of sp³-hybridized carbons (Fsp3) is 0.500. The molecule has 20 heavy (non-hydrogen) atoms. The van der Waals surface area contributed by atoms with Crippen LogP contribution in [0.15, 0.2) is 12.1 Å². The van der Waals surface area contributed by atoms with Gasteiger partial charge >= 0.3 is 5.97 Å². The van der Waals surface area contributed by atoms with Crippen LogP contribution in [-0.4, -0.2) is 38.8 Å². The highest BCUT2D eigenvalue weighted by atomic mass is 35.5. The van der Waals surface area contributed by atoms with E-state index in [1.165, 1.54) is 0 Å². The summed E-state index contributed by atoms with van der Waals surface area (Å²) >= 11 is 6.21. The van der Waals surface area contributed by atoms with Crippen molar-refractivity contribution in [2.24, 2.45) is 0 Å².